The molecule has 4 heteroatoms. The highest BCUT2D eigenvalue weighted by atomic mass is 16.6. The van der Waals surface area contributed by atoms with Crippen molar-refractivity contribution in [3.8, 4) is 18.1 Å². The van der Waals surface area contributed by atoms with Gasteiger partial charge < -0.3 is 9.47 Å². The van der Waals surface area contributed by atoms with Gasteiger partial charge >= 0.3 is 6.09 Å². The predicted octanol–water partition coefficient (Wildman–Crippen LogP) is 3.61. The molecule has 1 aromatic rings. The first kappa shape index (κ1) is 15.9. The summed E-state index contributed by atoms with van der Waals surface area (Å²) in [6, 6.07) is 5.46. The first-order valence-corrected chi connectivity index (χ1v) is 6.46. The van der Waals surface area contributed by atoms with Crippen molar-refractivity contribution in [2.75, 3.05) is 12.4 Å². The van der Waals surface area contributed by atoms with E-state index < -0.39 is 11.7 Å². The van der Waals surface area contributed by atoms with Crippen molar-refractivity contribution >= 4 is 11.8 Å². The molecule has 0 fully saturated rings. The number of hydrogen-bond donors (Lipinski definition) is 1. The summed E-state index contributed by atoms with van der Waals surface area (Å²) in [4.78, 5) is 11.7. The molecule has 0 aliphatic rings. The van der Waals surface area contributed by atoms with E-state index in [4.69, 9.17) is 15.9 Å². The van der Waals surface area contributed by atoms with Gasteiger partial charge in [-0.1, -0.05) is 6.07 Å². The topological polar surface area (TPSA) is 47.6 Å². The van der Waals surface area contributed by atoms with Gasteiger partial charge in [-0.15, -0.1) is 12.3 Å². The summed E-state index contributed by atoms with van der Waals surface area (Å²) < 4.78 is 10.5. The maximum Gasteiger partial charge on any atom is 0.412 e. The number of rotatable bonds is 4. The van der Waals surface area contributed by atoms with Crippen LogP contribution in [0.5, 0.6) is 5.75 Å². The molecule has 0 aromatic heterocycles. The fourth-order valence-corrected chi connectivity index (χ4v) is 1.66. The van der Waals surface area contributed by atoms with Gasteiger partial charge in [-0.2, -0.15) is 0 Å². The zero-order valence-corrected chi connectivity index (χ0v) is 12.4. The highest BCUT2D eigenvalue weighted by molar-refractivity contribution is 5.85. The number of nitrogens with one attached hydrogen (secondary N) is 1. The summed E-state index contributed by atoms with van der Waals surface area (Å²) >= 11 is 0. The number of aryl methyl sites for hydroxylation is 1. The molecule has 0 aliphatic carbocycles. The molecule has 0 aliphatic heterocycles. The molecule has 0 saturated heterocycles. The molecule has 0 saturated carbocycles. The number of hydrogen-bond acceptors (Lipinski definition) is 3. The Balaban J connectivity index is 2.78. The van der Waals surface area contributed by atoms with Crippen molar-refractivity contribution in [2.24, 2.45) is 0 Å². The normalized spacial score (nSPS) is 10.6. The Morgan fingerprint density at radius 2 is 2.10 bits per heavy atom. The minimum Gasteiger partial charge on any atom is -0.496 e. The first-order chi connectivity index (χ1) is 9.35. The highest BCUT2D eigenvalue weighted by Crippen LogP contribution is 2.24. The highest BCUT2D eigenvalue weighted by Gasteiger charge is 2.16. The summed E-state index contributed by atoms with van der Waals surface area (Å²) in [7, 11) is 1.59. The van der Waals surface area contributed by atoms with E-state index >= 15 is 0 Å². The molecule has 0 radical (unpaired) electrons. The third-order valence-electron chi connectivity index (χ3n) is 2.47. The number of benzene rings is 1. The van der Waals surface area contributed by atoms with E-state index in [0.29, 0.717) is 17.9 Å². The average molecular weight is 275 g/mol. The molecular weight excluding hydrogens is 254 g/mol. The molecule has 1 N–H and O–H groups in total. The molecule has 1 aromatic carbocycles. The van der Waals surface area contributed by atoms with Gasteiger partial charge in [0.15, 0.2) is 0 Å². The Hall–Kier alpha value is -2.15. The van der Waals surface area contributed by atoms with E-state index in [0.717, 1.165) is 12.0 Å². The number of methoxy groups -OCH3 is 1. The largest absolute Gasteiger partial charge is 0.496 e. The zero-order chi connectivity index (χ0) is 15.2. The third-order valence-corrected chi connectivity index (χ3v) is 2.47. The fourth-order valence-electron chi connectivity index (χ4n) is 1.66. The van der Waals surface area contributed by atoms with E-state index in [1.54, 1.807) is 19.2 Å². The second-order valence-electron chi connectivity index (χ2n) is 5.36. The van der Waals surface area contributed by atoms with E-state index in [9.17, 15) is 4.79 Å². The molecule has 20 heavy (non-hydrogen) atoms. The van der Waals surface area contributed by atoms with E-state index in [1.807, 2.05) is 26.8 Å². The summed E-state index contributed by atoms with van der Waals surface area (Å²) in [5.74, 6) is 3.30. The number of carbonyl (C=O) groups is 1. The second-order valence-corrected chi connectivity index (χ2v) is 5.36. The number of terminal acetylenes is 1. The zero-order valence-electron chi connectivity index (χ0n) is 12.4. The molecule has 1 amide bonds. The smallest absolute Gasteiger partial charge is 0.412 e. The van der Waals surface area contributed by atoms with Crippen molar-refractivity contribution in [3.05, 3.63) is 23.8 Å². The van der Waals surface area contributed by atoms with Crippen molar-refractivity contribution < 1.29 is 14.3 Å². The van der Waals surface area contributed by atoms with E-state index in [1.165, 1.54) is 0 Å². The van der Waals surface area contributed by atoms with Crippen LogP contribution in [0, 0.1) is 12.3 Å². The molecule has 108 valence electrons. The van der Waals surface area contributed by atoms with Crippen LogP contribution in [0.3, 0.4) is 0 Å². The minimum absolute atomic E-state index is 0.490. The summed E-state index contributed by atoms with van der Waals surface area (Å²) in [6.45, 7) is 5.45. The second kappa shape index (κ2) is 6.85. The predicted molar refractivity (Wildman–Crippen MR) is 80.0 cm³/mol. The Kier molecular flexibility index (Phi) is 5.45. The summed E-state index contributed by atoms with van der Waals surface area (Å²) in [6.07, 6.45) is 6.16. The van der Waals surface area contributed by atoms with Crippen LogP contribution in [0.4, 0.5) is 10.5 Å². The molecule has 0 spiro atoms. The van der Waals surface area contributed by atoms with Gasteiger partial charge in [0, 0.05) is 18.2 Å². The Morgan fingerprint density at radius 3 is 2.65 bits per heavy atom. The van der Waals surface area contributed by atoms with Crippen LogP contribution in [-0.2, 0) is 11.2 Å². The van der Waals surface area contributed by atoms with Crippen molar-refractivity contribution in [3.63, 3.8) is 0 Å². The monoisotopic (exact) mass is 275 g/mol. The van der Waals surface area contributed by atoms with Crippen LogP contribution in [-0.4, -0.2) is 18.8 Å². The van der Waals surface area contributed by atoms with Crippen LogP contribution in [0.1, 0.15) is 32.8 Å². The summed E-state index contributed by atoms with van der Waals surface area (Å²) in [5.41, 5.74) is 1.11. The quantitative estimate of drug-likeness (QED) is 0.854. The molecule has 0 atom stereocenters. The molecule has 0 bridgehead atoms. The molecule has 0 unspecified atom stereocenters. The van der Waals surface area contributed by atoms with Crippen molar-refractivity contribution in [1.82, 2.24) is 0 Å². The third kappa shape index (κ3) is 5.23. The Bertz CT molecular complexity index is 509. The van der Waals surface area contributed by atoms with E-state index in [-0.39, 0.29) is 0 Å². The van der Waals surface area contributed by atoms with Crippen LogP contribution < -0.4 is 10.1 Å². The first-order valence-electron chi connectivity index (χ1n) is 6.46. The number of anilines is 1. The minimum atomic E-state index is -0.527. The van der Waals surface area contributed by atoms with Gasteiger partial charge in [0.2, 0.25) is 0 Å². The standard InChI is InChI=1S/C16H21NO3/c1-6-7-8-12-9-10-13(11-14(12)19-5)17-15(18)20-16(2,3)4/h1,9-11H,7-8H2,2-5H3,(H,17,18). The van der Waals surface area contributed by atoms with Crippen LogP contribution in [0.2, 0.25) is 0 Å². The maximum atomic E-state index is 11.7. The average Bonchev–Trinajstić information content (AvgIpc) is 2.34. The lowest BCUT2D eigenvalue weighted by Gasteiger charge is -2.20. The van der Waals surface area contributed by atoms with E-state index in [2.05, 4.69) is 11.2 Å². The maximum absolute atomic E-state index is 11.7. The van der Waals surface area contributed by atoms with Crippen molar-refractivity contribution in [1.29, 1.82) is 0 Å². The molecular formula is C16H21NO3. The SMILES string of the molecule is C#CCCc1ccc(NC(=O)OC(C)(C)C)cc1OC. The lowest BCUT2D eigenvalue weighted by molar-refractivity contribution is 0.0636. The molecule has 0 heterocycles. The lowest BCUT2D eigenvalue weighted by Crippen LogP contribution is -2.27. The van der Waals surface area contributed by atoms with Gasteiger partial charge in [-0.3, -0.25) is 5.32 Å². The van der Waals surface area contributed by atoms with Crippen molar-refractivity contribution in [2.45, 2.75) is 39.2 Å². The fraction of sp³-hybridized carbons (Fsp3) is 0.438. The Labute approximate surface area is 120 Å². The van der Waals surface area contributed by atoms with Gasteiger partial charge in [0.25, 0.3) is 0 Å². The van der Waals surface area contributed by atoms with Gasteiger partial charge in [0.05, 0.1) is 7.11 Å². The van der Waals surface area contributed by atoms with Crippen LogP contribution in [0.15, 0.2) is 18.2 Å². The number of carbonyl (C=O) groups excluding carboxylic acids is 1. The van der Waals surface area contributed by atoms with Gasteiger partial charge in [-0.05, 0) is 38.8 Å². The van der Waals surface area contributed by atoms with Gasteiger partial charge in [-0.25, -0.2) is 4.79 Å². The summed E-state index contributed by atoms with van der Waals surface area (Å²) in [5, 5.41) is 2.68. The number of amides is 1. The lowest BCUT2D eigenvalue weighted by atomic mass is 10.1. The Morgan fingerprint density at radius 1 is 1.40 bits per heavy atom. The number of ether oxygens (including phenoxy) is 2. The van der Waals surface area contributed by atoms with Crippen LogP contribution in [0.25, 0.3) is 0 Å². The molecule has 4 nitrogen and oxygen atoms in total. The van der Waals surface area contributed by atoms with Gasteiger partial charge in [0.1, 0.15) is 11.4 Å². The van der Waals surface area contributed by atoms with Crippen LogP contribution >= 0.6 is 0 Å². The molecule has 1 rings (SSSR count).